The Morgan fingerprint density at radius 3 is 2.93 bits per heavy atom. The van der Waals surface area contributed by atoms with Gasteiger partial charge in [0.05, 0.1) is 18.2 Å². The molecule has 0 aliphatic carbocycles. The quantitative estimate of drug-likeness (QED) is 0.785. The lowest BCUT2D eigenvalue weighted by Gasteiger charge is -2.09. The van der Waals surface area contributed by atoms with Crippen LogP contribution in [0.4, 0.5) is 0 Å². The Morgan fingerprint density at radius 2 is 2.36 bits per heavy atom. The summed E-state index contributed by atoms with van der Waals surface area (Å²) in [6, 6.07) is 6.40. The zero-order chi connectivity index (χ0) is 10.4. The molecule has 0 aliphatic rings. The van der Waals surface area contributed by atoms with Crippen molar-refractivity contribution in [3.63, 3.8) is 0 Å². The van der Waals surface area contributed by atoms with Crippen LogP contribution in [-0.2, 0) is 6.54 Å². The fraction of sp³-hybridized carbons (Fsp3) is 0.455. The van der Waals surface area contributed by atoms with Crippen LogP contribution in [0.2, 0.25) is 0 Å². The van der Waals surface area contributed by atoms with Gasteiger partial charge in [-0.2, -0.15) is 5.26 Å². The molecule has 1 aromatic rings. The van der Waals surface area contributed by atoms with Crippen LogP contribution < -0.4 is 5.32 Å². The highest BCUT2D eigenvalue weighted by atomic mass is 14.9. The summed E-state index contributed by atoms with van der Waals surface area (Å²) in [7, 11) is 0. The van der Waals surface area contributed by atoms with Gasteiger partial charge < -0.3 is 5.32 Å². The predicted molar refractivity (Wildman–Crippen MR) is 55.5 cm³/mol. The number of nitrogens with one attached hydrogen (secondary N) is 1. The molecular weight excluding hydrogens is 174 g/mol. The van der Waals surface area contributed by atoms with Crippen molar-refractivity contribution in [2.24, 2.45) is 0 Å². The van der Waals surface area contributed by atoms with Crippen molar-refractivity contribution in [1.82, 2.24) is 10.3 Å². The standard InChI is InChI=1S/C11H15N3/c1-9-3-4-11(14-7-9)8-13-10(2)5-6-12/h3-4,7,10,13H,5,8H2,1-2H3. The molecule has 1 aromatic heterocycles. The number of hydrogen-bond donors (Lipinski definition) is 1. The van der Waals surface area contributed by atoms with Gasteiger partial charge in [0.25, 0.3) is 0 Å². The number of nitriles is 1. The minimum Gasteiger partial charge on any atom is -0.308 e. The molecule has 0 fully saturated rings. The monoisotopic (exact) mass is 189 g/mol. The van der Waals surface area contributed by atoms with Gasteiger partial charge in [-0.25, -0.2) is 0 Å². The van der Waals surface area contributed by atoms with Crippen molar-refractivity contribution < 1.29 is 0 Å². The molecule has 0 spiro atoms. The van der Waals surface area contributed by atoms with E-state index in [1.807, 2.05) is 32.2 Å². The van der Waals surface area contributed by atoms with Crippen LogP contribution in [0.15, 0.2) is 18.3 Å². The Labute approximate surface area is 84.8 Å². The van der Waals surface area contributed by atoms with E-state index in [-0.39, 0.29) is 6.04 Å². The molecule has 1 rings (SSSR count). The summed E-state index contributed by atoms with van der Waals surface area (Å²) in [5.74, 6) is 0. The molecule has 0 saturated heterocycles. The molecule has 0 aromatic carbocycles. The largest absolute Gasteiger partial charge is 0.308 e. The molecule has 14 heavy (non-hydrogen) atoms. The maximum absolute atomic E-state index is 8.46. The predicted octanol–water partition coefficient (Wildman–Crippen LogP) is 1.78. The van der Waals surface area contributed by atoms with Gasteiger partial charge in [0.2, 0.25) is 0 Å². The lowest BCUT2D eigenvalue weighted by Crippen LogP contribution is -2.25. The van der Waals surface area contributed by atoms with Crippen molar-refractivity contribution in [2.45, 2.75) is 32.9 Å². The minimum atomic E-state index is 0.225. The molecule has 1 heterocycles. The zero-order valence-corrected chi connectivity index (χ0v) is 8.62. The molecule has 3 nitrogen and oxygen atoms in total. The second-order valence-electron chi connectivity index (χ2n) is 3.47. The first-order chi connectivity index (χ1) is 6.72. The van der Waals surface area contributed by atoms with E-state index in [1.54, 1.807) is 0 Å². The van der Waals surface area contributed by atoms with Crippen molar-refractivity contribution >= 4 is 0 Å². The average Bonchev–Trinajstić information content (AvgIpc) is 2.17. The zero-order valence-electron chi connectivity index (χ0n) is 8.62. The third-order valence-electron chi connectivity index (χ3n) is 2.00. The number of hydrogen-bond acceptors (Lipinski definition) is 3. The van der Waals surface area contributed by atoms with E-state index < -0.39 is 0 Å². The second kappa shape index (κ2) is 5.36. The molecule has 0 bridgehead atoms. The van der Waals surface area contributed by atoms with Gasteiger partial charge in [-0.15, -0.1) is 0 Å². The minimum absolute atomic E-state index is 0.225. The molecule has 1 unspecified atom stereocenters. The maximum Gasteiger partial charge on any atom is 0.0638 e. The molecule has 0 aliphatic heterocycles. The highest BCUT2D eigenvalue weighted by molar-refractivity contribution is 5.12. The van der Waals surface area contributed by atoms with Crippen LogP contribution in [-0.4, -0.2) is 11.0 Å². The topological polar surface area (TPSA) is 48.7 Å². The smallest absolute Gasteiger partial charge is 0.0638 e. The lowest BCUT2D eigenvalue weighted by molar-refractivity contribution is 0.551. The number of rotatable bonds is 4. The average molecular weight is 189 g/mol. The molecule has 74 valence electrons. The van der Waals surface area contributed by atoms with Crippen molar-refractivity contribution in [3.8, 4) is 6.07 Å². The summed E-state index contributed by atoms with van der Waals surface area (Å²) < 4.78 is 0. The van der Waals surface area contributed by atoms with E-state index in [2.05, 4.69) is 16.4 Å². The van der Waals surface area contributed by atoms with E-state index in [4.69, 9.17) is 5.26 Å². The van der Waals surface area contributed by atoms with Crippen LogP contribution in [0, 0.1) is 18.3 Å². The van der Waals surface area contributed by atoms with Gasteiger partial charge in [-0.05, 0) is 25.5 Å². The van der Waals surface area contributed by atoms with Crippen molar-refractivity contribution in [2.75, 3.05) is 0 Å². The molecule has 0 radical (unpaired) electrons. The number of aromatic nitrogens is 1. The maximum atomic E-state index is 8.46. The Kier molecular flexibility index (Phi) is 4.09. The van der Waals surface area contributed by atoms with Crippen molar-refractivity contribution in [1.29, 1.82) is 5.26 Å². The van der Waals surface area contributed by atoms with Gasteiger partial charge in [-0.1, -0.05) is 6.07 Å². The summed E-state index contributed by atoms with van der Waals surface area (Å²) >= 11 is 0. The third-order valence-corrected chi connectivity index (χ3v) is 2.00. The third kappa shape index (κ3) is 3.55. The summed E-state index contributed by atoms with van der Waals surface area (Å²) in [6.07, 6.45) is 2.39. The van der Waals surface area contributed by atoms with E-state index in [1.165, 1.54) is 5.56 Å². The Bertz CT molecular complexity index is 310. The molecule has 3 heteroatoms. The molecule has 0 saturated carbocycles. The van der Waals surface area contributed by atoms with E-state index in [0.717, 1.165) is 12.2 Å². The van der Waals surface area contributed by atoms with Crippen LogP contribution in [0.25, 0.3) is 0 Å². The van der Waals surface area contributed by atoms with Gasteiger partial charge >= 0.3 is 0 Å². The Morgan fingerprint density at radius 1 is 1.57 bits per heavy atom. The lowest BCUT2D eigenvalue weighted by atomic mass is 10.2. The normalized spacial score (nSPS) is 12.1. The summed E-state index contributed by atoms with van der Waals surface area (Å²) in [5, 5.41) is 11.7. The first-order valence-corrected chi connectivity index (χ1v) is 4.74. The number of aryl methyl sites for hydroxylation is 1. The van der Waals surface area contributed by atoms with Gasteiger partial charge in [-0.3, -0.25) is 4.98 Å². The van der Waals surface area contributed by atoms with Gasteiger partial charge in [0, 0.05) is 18.8 Å². The molecular formula is C11H15N3. The van der Waals surface area contributed by atoms with Crippen LogP contribution >= 0.6 is 0 Å². The summed E-state index contributed by atoms with van der Waals surface area (Å²) in [6.45, 7) is 4.74. The van der Waals surface area contributed by atoms with E-state index in [9.17, 15) is 0 Å². The molecule has 1 atom stereocenters. The van der Waals surface area contributed by atoms with Gasteiger partial charge in [0.1, 0.15) is 0 Å². The van der Waals surface area contributed by atoms with E-state index in [0.29, 0.717) is 6.42 Å². The van der Waals surface area contributed by atoms with Gasteiger partial charge in [0.15, 0.2) is 0 Å². The highest BCUT2D eigenvalue weighted by Gasteiger charge is 2.00. The Hall–Kier alpha value is -1.40. The fourth-order valence-corrected chi connectivity index (χ4v) is 1.09. The SMILES string of the molecule is Cc1ccc(CNC(C)CC#N)nc1. The number of pyridine rings is 1. The van der Waals surface area contributed by atoms with Crippen molar-refractivity contribution in [3.05, 3.63) is 29.6 Å². The second-order valence-corrected chi connectivity index (χ2v) is 3.47. The first-order valence-electron chi connectivity index (χ1n) is 4.74. The molecule has 0 amide bonds. The highest BCUT2D eigenvalue weighted by Crippen LogP contribution is 1.99. The summed E-state index contributed by atoms with van der Waals surface area (Å²) in [4.78, 5) is 4.26. The fourth-order valence-electron chi connectivity index (χ4n) is 1.09. The Balaban J connectivity index is 2.39. The van der Waals surface area contributed by atoms with Crippen LogP contribution in [0.5, 0.6) is 0 Å². The van der Waals surface area contributed by atoms with Crippen LogP contribution in [0.3, 0.4) is 0 Å². The summed E-state index contributed by atoms with van der Waals surface area (Å²) in [5.41, 5.74) is 2.18. The number of nitrogens with zero attached hydrogens (tertiary/aromatic N) is 2. The molecule has 1 N–H and O–H groups in total. The van der Waals surface area contributed by atoms with Crippen LogP contribution in [0.1, 0.15) is 24.6 Å². The van der Waals surface area contributed by atoms with E-state index >= 15 is 0 Å². The first kappa shape index (κ1) is 10.7.